The molecule has 0 bridgehead atoms. The fraction of sp³-hybridized carbons (Fsp3) is 0.500. The number of imidazole rings is 1. The monoisotopic (exact) mass is 360 g/mol. The van der Waals surface area contributed by atoms with Gasteiger partial charge in [-0.15, -0.1) is 0 Å². The molecule has 0 spiro atoms. The summed E-state index contributed by atoms with van der Waals surface area (Å²) in [5, 5.41) is 21.1. The van der Waals surface area contributed by atoms with E-state index in [1.54, 1.807) is 12.1 Å². The number of rotatable bonds is 7. The highest BCUT2D eigenvalue weighted by Gasteiger charge is 2.24. The van der Waals surface area contributed by atoms with Gasteiger partial charge in [-0.25, -0.2) is 4.98 Å². The van der Waals surface area contributed by atoms with Crippen molar-refractivity contribution in [2.24, 2.45) is 7.05 Å². The molecule has 140 valence electrons. The third kappa shape index (κ3) is 3.96. The number of carboxylic acid groups (broad SMARTS) is 1. The second kappa shape index (κ2) is 7.74. The number of β-amino-alcohol motifs (C(OH)–C–C–N with tert-alkyl or cyclic N) is 1. The van der Waals surface area contributed by atoms with E-state index in [1.165, 1.54) is 0 Å². The average Bonchev–Trinajstić information content (AvgIpc) is 3.17. The summed E-state index contributed by atoms with van der Waals surface area (Å²) in [5.74, 6) is -0.216. The Kier molecular flexibility index (Phi) is 5.41. The van der Waals surface area contributed by atoms with Crippen LogP contribution in [0.2, 0.25) is 0 Å². The molecule has 1 saturated heterocycles. The van der Waals surface area contributed by atoms with Crippen molar-refractivity contribution in [2.45, 2.75) is 31.8 Å². The molecule has 2 heterocycles. The first-order valence-electron chi connectivity index (χ1n) is 8.85. The van der Waals surface area contributed by atoms with Gasteiger partial charge in [0.2, 0.25) is 5.95 Å². The van der Waals surface area contributed by atoms with Crippen LogP contribution in [0.15, 0.2) is 18.2 Å². The third-order valence-corrected chi connectivity index (χ3v) is 4.67. The molecule has 0 aliphatic carbocycles. The lowest BCUT2D eigenvalue weighted by Gasteiger charge is -2.16. The number of aliphatic carboxylic acids is 1. The van der Waals surface area contributed by atoms with E-state index < -0.39 is 5.97 Å². The van der Waals surface area contributed by atoms with Crippen LogP contribution in [0.1, 0.15) is 36.0 Å². The quantitative estimate of drug-likeness (QED) is 0.639. The number of aromatic nitrogens is 2. The summed E-state index contributed by atoms with van der Waals surface area (Å²) in [7, 11) is 1.93. The maximum Gasteiger partial charge on any atom is 0.303 e. The molecule has 8 nitrogen and oxygen atoms in total. The van der Waals surface area contributed by atoms with Crippen molar-refractivity contribution in [3.63, 3.8) is 0 Å². The zero-order chi connectivity index (χ0) is 18.7. The van der Waals surface area contributed by atoms with Crippen molar-refractivity contribution in [3.8, 4) is 0 Å². The van der Waals surface area contributed by atoms with Crippen molar-refractivity contribution in [1.29, 1.82) is 0 Å². The van der Waals surface area contributed by atoms with Gasteiger partial charge >= 0.3 is 5.97 Å². The molecule has 1 atom stereocenters. The van der Waals surface area contributed by atoms with Gasteiger partial charge in [0.25, 0.3) is 5.91 Å². The van der Waals surface area contributed by atoms with Crippen LogP contribution in [0.3, 0.4) is 0 Å². The highest BCUT2D eigenvalue weighted by Crippen LogP contribution is 2.25. The van der Waals surface area contributed by atoms with E-state index in [0.29, 0.717) is 31.5 Å². The van der Waals surface area contributed by atoms with Gasteiger partial charge in [0.1, 0.15) is 0 Å². The zero-order valence-corrected chi connectivity index (χ0v) is 14.8. The summed E-state index contributed by atoms with van der Waals surface area (Å²) < 4.78 is 1.97. The number of unbranched alkanes of at least 4 members (excludes halogenated alkanes) is 1. The number of aliphatic hydroxyl groups is 1. The van der Waals surface area contributed by atoms with E-state index in [-0.39, 0.29) is 18.4 Å². The Morgan fingerprint density at radius 2 is 2.15 bits per heavy atom. The Labute approximate surface area is 151 Å². The highest BCUT2D eigenvalue weighted by molar-refractivity contribution is 5.97. The minimum Gasteiger partial charge on any atom is -0.481 e. The van der Waals surface area contributed by atoms with E-state index in [4.69, 9.17) is 5.11 Å². The molecule has 1 aliphatic heterocycles. The van der Waals surface area contributed by atoms with E-state index in [2.05, 4.69) is 10.3 Å². The fourth-order valence-electron chi connectivity index (χ4n) is 3.24. The van der Waals surface area contributed by atoms with Gasteiger partial charge in [0.15, 0.2) is 0 Å². The van der Waals surface area contributed by atoms with Crippen LogP contribution in [0.4, 0.5) is 5.95 Å². The summed E-state index contributed by atoms with van der Waals surface area (Å²) in [4.78, 5) is 29.4. The lowest BCUT2D eigenvalue weighted by molar-refractivity contribution is -0.137. The van der Waals surface area contributed by atoms with E-state index in [0.717, 1.165) is 29.9 Å². The Morgan fingerprint density at radius 1 is 1.35 bits per heavy atom. The van der Waals surface area contributed by atoms with Gasteiger partial charge in [0.05, 0.1) is 17.1 Å². The summed E-state index contributed by atoms with van der Waals surface area (Å²) in [6.07, 6.45) is 1.70. The SMILES string of the molecule is Cn1c(N2CC[C@H](O)C2)nc2cc(C(=O)NCCCCC(=O)O)ccc21. The number of carbonyl (C=O) groups excluding carboxylic acids is 1. The first-order valence-corrected chi connectivity index (χ1v) is 8.85. The summed E-state index contributed by atoms with van der Waals surface area (Å²) >= 11 is 0. The van der Waals surface area contributed by atoms with Crippen molar-refractivity contribution < 1.29 is 19.8 Å². The molecule has 8 heteroatoms. The number of nitrogens with zero attached hydrogens (tertiary/aromatic N) is 3. The van der Waals surface area contributed by atoms with Crippen LogP contribution in [-0.2, 0) is 11.8 Å². The number of aliphatic hydroxyl groups excluding tert-OH is 1. The Bertz CT molecular complexity index is 817. The first-order chi connectivity index (χ1) is 12.5. The molecule has 1 amide bonds. The zero-order valence-electron chi connectivity index (χ0n) is 14.8. The van der Waals surface area contributed by atoms with Crippen LogP contribution >= 0.6 is 0 Å². The van der Waals surface area contributed by atoms with Gasteiger partial charge < -0.3 is 25.0 Å². The molecule has 3 rings (SSSR count). The van der Waals surface area contributed by atoms with Crippen LogP contribution < -0.4 is 10.2 Å². The molecule has 1 aromatic carbocycles. The predicted molar refractivity (Wildman–Crippen MR) is 97.4 cm³/mol. The van der Waals surface area contributed by atoms with Crippen LogP contribution in [-0.4, -0.2) is 57.4 Å². The number of carboxylic acids is 1. The number of benzene rings is 1. The molecular formula is C18H24N4O4. The summed E-state index contributed by atoms with van der Waals surface area (Å²) in [5.41, 5.74) is 2.20. The van der Waals surface area contributed by atoms with Crippen LogP contribution in [0.5, 0.6) is 0 Å². The molecule has 2 aromatic rings. The number of amides is 1. The van der Waals surface area contributed by atoms with Gasteiger partial charge in [-0.1, -0.05) is 0 Å². The molecule has 1 aromatic heterocycles. The van der Waals surface area contributed by atoms with Crippen molar-refractivity contribution in [2.75, 3.05) is 24.5 Å². The number of carbonyl (C=O) groups is 2. The molecule has 0 saturated carbocycles. The Hall–Kier alpha value is -2.61. The van der Waals surface area contributed by atoms with E-state index >= 15 is 0 Å². The van der Waals surface area contributed by atoms with Crippen molar-refractivity contribution in [3.05, 3.63) is 23.8 Å². The number of fused-ring (bicyclic) bond motifs is 1. The van der Waals surface area contributed by atoms with Crippen LogP contribution in [0.25, 0.3) is 11.0 Å². The number of hydrogen-bond donors (Lipinski definition) is 3. The predicted octanol–water partition coefficient (Wildman–Crippen LogP) is 1.13. The molecule has 0 unspecified atom stereocenters. The number of hydrogen-bond acceptors (Lipinski definition) is 5. The Morgan fingerprint density at radius 3 is 2.85 bits per heavy atom. The van der Waals surface area contributed by atoms with Gasteiger partial charge in [0, 0.05) is 38.7 Å². The number of anilines is 1. The average molecular weight is 360 g/mol. The maximum atomic E-state index is 12.3. The molecule has 1 fully saturated rings. The minimum atomic E-state index is -0.821. The standard InChI is InChI=1S/C18H24N4O4/c1-21-15-6-5-12(17(26)19-8-3-2-4-16(24)25)10-14(15)20-18(21)22-9-7-13(23)11-22/h5-6,10,13,23H,2-4,7-9,11H2,1H3,(H,19,26)(H,24,25)/t13-/m0/s1. The fourth-order valence-corrected chi connectivity index (χ4v) is 3.24. The van der Waals surface area contributed by atoms with Gasteiger partial charge in [-0.05, 0) is 37.5 Å². The lowest BCUT2D eigenvalue weighted by atomic mass is 10.2. The molecule has 0 radical (unpaired) electrons. The van der Waals surface area contributed by atoms with Gasteiger partial charge in [-0.3, -0.25) is 9.59 Å². The molecular weight excluding hydrogens is 336 g/mol. The van der Waals surface area contributed by atoms with Gasteiger partial charge in [-0.2, -0.15) is 0 Å². The first kappa shape index (κ1) is 18.2. The minimum absolute atomic E-state index is 0.115. The maximum absolute atomic E-state index is 12.3. The van der Waals surface area contributed by atoms with Crippen LogP contribution in [0, 0.1) is 0 Å². The summed E-state index contributed by atoms with van der Waals surface area (Å²) in [6, 6.07) is 5.40. The van der Waals surface area contributed by atoms with Crippen molar-refractivity contribution in [1.82, 2.24) is 14.9 Å². The second-order valence-electron chi connectivity index (χ2n) is 6.67. The topological polar surface area (TPSA) is 108 Å². The normalized spacial score (nSPS) is 17.0. The summed E-state index contributed by atoms with van der Waals surface area (Å²) in [6.45, 7) is 1.78. The molecule has 3 N–H and O–H groups in total. The second-order valence-corrected chi connectivity index (χ2v) is 6.67. The largest absolute Gasteiger partial charge is 0.481 e. The third-order valence-electron chi connectivity index (χ3n) is 4.67. The number of aryl methyl sites for hydroxylation is 1. The number of nitrogens with one attached hydrogen (secondary N) is 1. The smallest absolute Gasteiger partial charge is 0.303 e. The van der Waals surface area contributed by atoms with Crippen molar-refractivity contribution >= 4 is 28.9 Å². The van der Waals surface area contributed by atoms with E-state index in [1.807, 2.05) is 22.6 Å². The Balaban J connectivity index is 1.67. The lowest BCUT2D eigenvalue weighted by Crippen LogP contribution is -2.24. The van der Waals surface area contributed by atoms with E-state index in [9.17, 15) is 14.7 Å². The molecule has 1 aliphatic rings. The molecule has 26 heavy (non-hydrogen) atoms. The highest BCUT2D eigenvalue weighted by atomic mass is 16.4.